The lowest BCUT2D eigenvalue weighted by atomic mass is 9.89. The Kier molecular flexibility index (Phi) is 2.51. The molecule has 2 aliphatic rings. The molecule has 17 heavy (non-hydrogen) atoms. The number of piperidine rings is 1. The van der Waals surface area contributed by atoms with E-state index in [9.17, 15) is 4.79 Å². The van der Waals surface area contributed by atoms with Gasteiger partial charge in [0.25, 0.3) is 0 Å². The third-order valence-electron chi connectivity index (χ3n) is 4.30. The smallest absolute Gasteiger partial charge is 0.168 e. The molecule has 1 atom stereocenters. The number of ketones is 1. The summed E-state index contributed by atoms with van der Waals surface area (Å²) in [6.45, 7) is 4.07. The van der Waals surface area contributed by atoms with E-state index in [4.69, 9.17) is 0 Å². The molecular formula is C14H18N2O. The average Bonchev–Trinajstić information content (AvgIpc) is 3.04. The maximum Gasteiger partial charge on any atom is 0.168 e. The largest absolute Gasteiger partial charge is 0.317 e. The molecule has 1 saturated heterocycles. The molecule has 1 unspecified atom stereocenters. The van der Waals surface area contributed by atoms with Gasteiger partial charge in [0.2, 0.25) is 0 Å². The Labute approximate surface area is 102 Å². The topological polar surface area (TPSA) is 42.0 Å². The van der Waals surface area contributed by atoms with Crippen LogP contribution in [0.4, 0.5) is 0 Å². The van der Waals surface area contributed by atoms with Crippen molar-refractivity contribution in [3.63, 3.8) is 0 Å². The predicted octanol–water partition coefficient (Wildman–Crippen LogP) is 1.96. The van der Waals surface area contributed by atoms with Crippen molar-refractivity contribution >= 4 is 5.78 Å². The van der Waals surface area contributed by atoms with Crippen molar-refractivity contribution in [3.8, 4) is 0 Å². The first kappa shape index (κ1) is 10.9. The first-order valence-electron chi connectivity index (χ1n) is 6.39. The zero-order valence-electron chi connectivity index (χ0n) is 10.2. The summed E-state index contributed by atoms with van der Waals surface area (Å²) in [5, 5.41) is 3.36. The summed E-state index contributed by atoms with van der Waals surface area (Å²) >= 11 is 0. The lowest BCUT2D eigenvalue weighted by Crippen LogP contribution is -2.30. The van der Waals surface area contributed by atoms with Crippen molar-refractivity contribution in [1.82, 2.24) is 10.3 Å². The third kappa shape index (κ3) is 1.89. The fraction of sp³-hybridized carbons (Fsp3) is 0.571. The molecule has 3 rings (SSSR count). The third-order valence-corrected chi connectivity index (χ3v) is 4.30. The molecule has 90 valence electrons. The van der Waals surface area contributed by atoms with Crippen molar-refractivity contribution in [1.29, 1.82) is 0 Å². The number of aryl methyl sites for hydroxylation is 1. The predicted molar refractivity (Wildman–Crippen MR) is 65.9 cm³/mol. The fourth-order valence-corrected chi connectivity index (χ4v) is 3.01. The first-order chi connectivity index (χ1) is 8.21. The van der Waals surface area contributed by atoms with Crippen molar-refractivity contribution < 1.29 is 4.79 Å². The van der Waals surface area contributed by atoms with Crippen LogP contribution < -0.4 is 5.32 Å². The Morgan fingerprint density at radius 1 is 1.41 bits per heavy atom. The lowest BCUT2D eigenvalue weighted by molar-refractivity contribution is 0.0940. The maximum absolute atomic E-state index is 12.3. The van der Waals surface area contributed by atoms with E-state index in [-0.39, 0.29) is 5.92 Å². The number of carbonyl (C=O) groups excluding carboxylic acids is 1. The number of hydrogen-bond donors (Lipinski definition) is 1. The minimum Gasteiger partial charge on any atom is -0.317 e. The van der Waals surface area contributed by atoms with Gasteiger partial charge in [-0.3, -0.25) is 9.78 Å². The van der Waals surface area contributed by atoms with Gasteiger partial charge >= 0.3 is 0 Å². The summed E-state index contributed by atoms with van der Waals surface area (Å²) in [5.74, 6) is 0.563. The number of aromatic nitrogens is 1. The highest BCUT2D eigenvalue weighted by Gasteiger charge is 2.57. The van der Waals surface area contributed by atoms with Crippen LogP contribution in [0.15, 0.2) is 18.3 Å². The normalized spacial score (nSPS) is 25.8. The number of nitrogens with one attached hydrogen (secondary N) is 1. The highest BCUT2D eigenvalue weighted by molar-refractivity contribution is 6.00. The van der Waals surface area contributed by atoms with Gasteiger partial charge in [-0.25, -0.2) is 0 Å². The molecule has 1 spiro atoms. The van der Waals surface area contributed by atoms with Crippen LogP contribution in [-0.2, 0) is 0 Å². The number of Topliss-reactive ketones (excluding diaryl/α,β-unsaturated/α-hetero) is 1. The van der Waals surface area contributed by atoms with Crippen LogP contribution in [0, 0.1) is 18.3 Å². The molecule has 1 aliphatic heterocycles. The van der Waals surface area contributed by atoms with Gasteiger partial charge in [-0.1, -0.05) is 0 Å². The van der Waals surface area contributed by atoms with Crippen molar-refractivity contribution in [2.45, 2.75) is 26.2 Å². The standard InChI is InChI=1S/C14H18N2O/c1-10-2-3-11(9-16-10)13(17)12-8-14(12)4-6-15-7-5-14/h2-3,9,12,15H,4-8H2,1H3. The molecule has 1 aliphatic carbocycles. The second kappa shape index (κ2) is 3.91. The molecule has 2 heterocycles. The van der Waals surface area contributed by atoms with Crippen molar-refractivity contribution in [2.75, 3.05) is 13.1 Å². The minimum atomic E-state index is 0.258. The highest BCUT2D eigenvalue weighted by Crippen LogP contribution is 2.59. The van der Waals surface area contributed by atoms with Crippen LogP contribution in [0.25, 0.3) is 0 Å². The Bertz CT molecular complexity index is 432. The number of pyridine rings is 1. The Morgan fingerprint density at radius 3 is 2.82 bits per heavy atom. The van der Waals surface area contributed by atoms with Crippen molar-refractivity contribution in [3.05, 3.63) is 29.6 Å². The van der Waals surface area contributed by atoms with Gasteiger partial charge in [-0.2, -0.15) is 0 Å². The number of rotatable bonds is 2. The zero-order valence-corrected chi connectivity index (χ0v) is 10.2. The quantitative estimate of drug-likeness (QED) is 0.790. The molecule has 0 aromatic carbocycles. The Morgan fingerprint density at radius 2 is 2.18 bits per heavy atom. The van der Waals surface area contributed by atoms with E-state index in [0.29, 0.717) is 11.2 Å². The molecule has 3 nitrogen and oxygen atoms in total. The monoisotopic (exact) mass is 230 g/mol. The molecule has 1 saturated carbocycles. The molecule has 3 heteroatoms. The van der Waals surface area contributed by atoms with E-state index in [2.05, 4.69) is 10.3 Å². The zero-order chi connectivity index (χ0) is 11.9. The second-order valence-electron chi connectivity index (χ2n) is 5.42. The summed E-state index contributed by atoms with van der Waals surface area (Å²) < 4.78 is 0. The van der Waals surface area contributed by atoms with Gasteiger partial charge in [-0.05, 0) is 56.8 Å². The SMILES string of the molecule is Cc1ccc(C(=O)C2CC23CCNCC3)cn1. The minimum absolute atomic E-state index is 0.258. The molecule has 0 amide bonds. The van der Waals surface area contributed by atoms with Crippen LogP contribution in [-0.4, -0.2) is 23.9 Å². The molecule has 2 fully saturated rings. The summed E-state index contributed by atoms with van der Waals surface area (Å²) in [6, 6.07) is 3.84. The first-order valence-corrected chi connectivity index (χ1v) is 6.39. The molecule has 1 N–H and O–H groups in total. The van der Waals surface area contributed by atoms with Crippen LogP contribution in [0.3, 0.4) is 0 Å². The Hall–Kier alpha value is -1.22. The van der Waals surface area contributed by atoms with Gasteiger partial charge in [0.05, 0.1) is 0 Å². The molecular weight excluding hydrogens is 212 g/mol. The van der Waals surface area contributed by atoms with E-state index in [1.165, 1.54) is 0 Å². The van der Waals surface area contributed by atoms with E-state index < -0.39 is 0 Å². The molecule has 0 bridgehead atoms. The van der Waals surface area contributed by atoms with Gasteiger partial charge in [0, 0.05) is 23.4 Å². The van der Waals surface area contributed by atoms with E-state index in [1.807, 2.05) is 19.1 Å². The lowest BCUT2D eigenvalue weighted by Gasteiger charge is -2.23. The Balaban J connectivity index is 1.74. The molecule has 0 radical (unpaired) electrons. The molecule has 1 aromatic rings. The maximum atomic E-state index is 12.3. The van der Waals surface area contributed by atoms with Crippen molar-refractivity contribution in [2.24, 2.45) is 11.3 Å². The average molecular weight is 230 g/mol. The van der Waals surface area contributed by atoms with Crippen LogP contribution in [0.2, 0.25) is 0 Å². The molecule has 1 aromatic heterocycles. The fourth-order valence-electron chi connectivity index (χ4n) is 3.01. The summed E-state index contributed by atoms with van der Waals surface area (Å²) in [5.41, 5.74) is 2.08. The number of carbonyl (C=O) groups is 1. The van der Waals surface area contributed by atoms with Gasteiger partial charge < -0.3 is 5.32 Å². The second-order valence-corrected chi connectivity index (χ2v) is 5.42. The number of nitrogens with zero attached hydrogens (tertiary/aromatic N) is 1. The summed E-state index contributed by atoms with van der Waals surface area (Å²) in [4.78, 5) is 16.5. The number of hydrogen-bond acceptors (Lipinski definition) is 3. The summed E-state index contributed by atoms with van der Waals surface area (Å²) in [6.07, 6.45) is 5.12. The van der Waals surface area contributed by atoms with E-state index in [0.717, 1.165) is 43.6 Å². The summed E-state index contributed by atoms with van der Waals surface area (Å²) in [7, 11) is 0. The van der Waals surface area contributed by atoms with Crippen LogP contribution in [0.5, 0.6) is 0 Å². The van der Waals surface area contributed by atoms with Crippen LogP contribution in [0.1, 0.15) is 35.3 Å². The van der Waals surface area contributed by atoms with E-state index >= 15 is 0 Å². The van der Waals surface area contributed by atoms with Gasteiger partial charge in [0.15, 0.2) is 5.78 Å². The van der Waals surface area contributed by atoms with Gasteiger partial charge in [0.1, 0.15) is 0 Å². The highest BCUT2D eigenvalue weighted by atomic mass is 16.1. The van der Waals surface area contributed by atoms with Gasteiger partial charge in [-0.15, -0.1) is 0 Å². The van der Waals surface area contributed by atoms with Crippen LogP contribution >= 0.6 is 0 Å². The van der Waals surface area contributed by atoms with E-state index in [1.54, 1.807) is 6.20 Å².